The molecule has 0 aliphatic heterocycles. The number of aryl methyl sites for hydroxylation is 2. The summed E-state index contributed by atoms with van der Waals surface area (Å²) in [6.07, 6.45) is 1.58. The summed E-state index contributed by atoms with van der Waals surface area (Å²) >= 11 is 0. The maximum atomic E-state index is 12.1. The van der Waals surface area contributed by atoms with Gasteiger partial charge in [-0.05, 0) is 24.6 Å². The van der Waals surface area contributed by atoms with Gasteiger partial charge in [-0.2, -0.15) is 0 Å². The highest BCUT2D eigenvalue weighted by atomic mass is 16.2. The molecule has 1 amide bonds. The van der Waals surface area contributed by atoms with Crippen LogP contribution in [0.1, 0.15) is 27.3 Å². The third kappa shape index (κ3) is 3.68. The van der Waals surface area contributed by atoms with Crippen LogP contribution in [0.4, 0.5) is 0 Å². The van der Waals surface area contributed by atoms with Gasteiger partial charge < -0.3 is 15.0 Å². The van der Waals surface area contributed by atoms with Crippen LogP contribution >= 0.6 is 0 Å². The van der Waals surface area contributed by atoms with Crippen molar-refractivity contribution in [2.75, 3.05) is 6.61 Å². The summed E-state index contributed by atoms with van der Waals surface area (Å²) in [5.74, 6) is 5.89. The average Bonchev–Trinajstić information content (AvgIpc) is 2.89. The van der Waals surface area contributed by atoms with Crippen LogP contribution in [0, 0.1) is 18.8 Å². The second kappa shape index (κ2) is 6.68. The van der Waals surface area contributed by atoms with Crippen LogP contribution in [0.3, 0.4) is 0 Å². The SMILES string of the molecule is Cc1ccc(C(=O)NCc2nncn2C)cc1C#CCO. The lowest BCUT2D eigenvalue weighted by Gasteiger charge is -2.06. The van der Waals surface area contributed by atoms with Gasteiger partial charge in [0.05, 0.1) is 6.54 Å². The summed E-state index contributed by atoms with van der Waals surface area (Å²) in [5.41, 5.74) is 2.21. The Kier molecular flexibility index (Phi) is 4.69. The Balaban J connectivity index is 2.10. The van der Waals surface area contributed by atoms with E-state index >= 15 is 0 Å². The number of aliphatic hydroxyl groups is 1. The van der Waals surface area contributed by atoms with Gasteiger partial charge in [0.25, 0.3) is 5.91 Å². The molecule has 0 saturated heterocycles. The van der Waals surface area contributed by atoms with E-state index in [4.69, 9.17) is 5.11 Å². The number of nitrogens with zero attached hydrogens (tertiary/aromatic N) is 3. The minimum Gasteiger partial charge on any atom is -0.384 e. The highest BCUT2D eigenvalue weighted by Crippen LogP contribution is 2.10. The first-order valence-corrected chi connectivity index (χ1v) is 6.43. The van der Waals surface area contributed by atoms with E-state index in [-0.39, 0.29) is 12.5 Å². The van der Waals surface area contributed by atoms with E-state index in [0.29, 0.717) is 17.9 Å². The van der Waals surface area contributed by atoms with Gasteiger partial charge in [-0.15, -0.1) is 10.2 Å². The summed E-state index contributed by atoms with van der Waals surface area (Å²) in [6.45, 7) is 2.01. The highest BCUT2D eigenvalue weighted by Gasteiger charge is 2.09. The molecule has 2 aromatic rings. The largest absolute Gasteiger partial charge is 0.384 e. The first kappa shape index (κ1) is 14.8. The van der Waals surface area contributed by atoms with Crippen molar-refractivity contribution in [2.45, 2.75) is 13.5 Å². The van der Waals surface area contributed by atoms with E-state index < -0.39 is 0 Å². The minimum atomic E-state index is -0.206. The van der Waals surface area contributed by atoms with Crippen LogP contribution in [0.15, 0.2) is 24.5 Å². The number of carbonyl (C=O) groups is 1. The Morgan fingerprint density at radius 1 is 1.48 bits per heavy atom. The average molecular weight is 284 g/mol. The first-order valence-electron chi connectivity index (χ1n) is 6.43. The zero-order valence-corrected chi connectivity index (χ0v) is 11.9. The predicted molar refractivity (Wildman–Crippen MR) is 77.3 cm³/mol. The topological polar surface area (TPSA) is 80.0 Å². The van der Waals surface area contributed by atoms with Gasteiger partial charge >= 0.3 is 0 Å². The van der Waals surface area contributed by atoms with E-state index in [9.17, 15) is 4.79 Å². The number of aliphatic hydroxyl groups excluding tert-OH is 1. The molecule has 0 bridgehead atoms. The molecule has 0 aliphatic carbocycles. The number of hydrogen-bond donors (Lipinski definition) is 2. The van der Waals surface area contributed by atoms with Crippen molar-refractivity contribution in [3.63, 3.8) is 0 Å². The zero-order valence-electron chi connectivity index (χ0n) is 11.9. The molecule has 1 heterocycles. The van der Waals surface area contributed by atoms with Crippen LogP contribution < -0.4 is 5.32 Å². The number of hydrogen-bond acceptors (Lipinski definition) is 4. The van der Waals surface area contributed by atoms with Crippen LogP contribution in [-0.2, 0) is 13.6 Å². The molecular weight excluding hydrogens is 268 g/mol. The van der Waals surface area contributed by atoms with E-state index in [2.05, 4.69) is 27.4 Å². The molecule has 1 aromatic carbocycles. The monoisotopic (exact) mass is 284 g/mol. The van der Waals surface area contributed by atoms with Gasteiger partial charge in [0.2, 0.25) is 0 Å². The molecule has 6 nitrogen and oxygen atoms in total. The molecule has 0 unspecified atom stereocenters. The van der Waals surface area contributed by atoms with Crippen molar-refractivity contribution in [3.8, 4) is 11.8 Å². The normalized spacial score (nSPS) is 9.86. The van der Waals surface area contributed by atoms with Crippen LogP contribution in [0.2, 0.25) is 0 Å². The number of aromatic nitrogens is 3. The lowest BCUT2D eigenvalue weighted by atomic mass is 10.0. The van der Waals surface area contributed by atoms with E-state index in [1.54, 1.807) is 23.0 Å². The van der Waals surface area contributed by atoms with Crippen molar-refractivity contribution in [1.82, 2.24) is 20.1 Å². The summed E-state index contributed by atoms with van der Waals surface area (Å²) < 4.78 is 1.74. The fourth-order valence-electron chi connectivity index (χ4n) is 1.76. The Morgan fingerprint density at radius 3 is 2.95 bits per heavy atom. The minimum absolute atomic E-state index is 0.204. The molecule has 0 atom stereocenters. The quantitative estimate of drug-likeness (QED) is 0.799. The molecule has 0 radical (unpaired) electrons. The summed E-state index contributed by atoms with van der Waals surface area (Å²) in [4.78, 5) is 12.1. The van der Waals surface area contributed by atoms with E-state index in [1.165, 1.54) is 0 Å². The Bertz CT molecular complexity index is 710. The van der Waals surface area contributed by atoms with Gasteiger partial charge in [0, 0.05) is 18.2 Å². The number of nitrogens with one attached hydrogen (secondary N) is 1. The van der Waals surface area contributed by atoms with Crippen LogP contribution in [-0.4, -0.2) is 32.4 Å². The Hall–Kier alpha value is -2.65. The molecule has 6 heteroatoms. The molecule has 1 aromatic heterocycles. The Labute approximate surface area is 122 Å². The third-order valence-corrected chi connectivity index (χ3v) is 3.01. The predicted octanol–water partition coefficient (Wildman–Crippen LogP) is 0.397. The van der Waals surface area contributed by atoms with E-state index in [1.807, 2.05) is 20.0 Å². The van der Waals surface area contributed by atoms with Crippen LogP contribution in [0.5, 0.6) is 0 Å². The highest BCUT2D eigenvalue weighted by molar-refractivity contribution is 5.94. The zero-order chi connectivity index (χ0) is 15.2. The maximum Gasteiger partial charge on any atom is 0.251 e. The lowest BCUT2D eigenvalue weighted by molar-refractivity contribution is 0.0949. The maximum absolute atomic E-state index is 12.1. The summed E-state index contributed by atoms with van der Waals surface area (Å²) in [5, 5.41) is 19.2. The molecule has 21 heavy (non-hydrogen) atoms. The number of rotatable bonds is 3. The standard InChI is InChI=1S/C15H16N4O2/c1-11-5-6-13(8-12(11)4-3-7-20)15(21)16-9-14-18-17-10-19(14)2/h5-6,8,10,20H,7,9H2,1-2H3,(H,16,21). The molecule has 2 rings (SSSR count). The van der Waals surface area contributed by atoms with Crippen LogP contribution in [0.25, 0.3) is 0 Å². The van der Waals surface area contributed by atoms with Gasteiger partial charge in [-0.1, -0.05) is 17.9 Å². The fourth-order valence-corrected chi connectivity index (χ4v) is 1.76. The first-order chi connectivity index (χ1) is 10.1. The smallest absolute Gasteiger partial charge is 0.251 e. The molecule has 0 fully saturated rings. The molecule has 0 saturated carbocycles. The second-order valence-electron chi connectivity index (χ2n) is 4.53. The molecule has 0 spiro atoms. The van der Waals surface area contributed by atoms with Crippen molar-refractivity contribution in [2.24, 2.45) is 7.05 Å². The Morgan fingerprint density at radius 2 is 2.29 bits per heavy atom. The van der Waals surface area contributed by atoms with Gasteiger partial charge in [0.1, 0.15) is 12.9 Å². The number of amides is 1. The van der Waals surface area contributed by atoms with Gasteiger partial charge in [-0.25, -0.2) is 0 Å². The van der Waals surface area contributed by atoms with Crippen molar-refractivity contribution >= 4 is 5.91 Å². The molecule has 2 N–H and O–H groups in total. The van der Waals surface area contributed by atoms with Gasteiger partial charge in [0.15, 0.2) is 5.82 Å². The van der Waals surface area contributed by atoms with Crippen molar-refractivity contribution in [1.29, 1.82) is 0 Å². The molecule has 0 aliphatic rings. The van der Waals surface area contributed by atoms with Crippen molar-refractivity contribution in [3.05, 3.63) is 47.0 Å². The summed E-state index contributed by atoms with van der Waals surface area (Å²) in [7, 11) is 1.82. The second-order valence-corrected chi connectivity index (χ2v) is 4.53. The third-order valence-electron chi connectivity index (χ3n) is 3.01. The van der Waals surface area contributed by atoms with E-state index in [0.717, 1.165) is 11.1 Å². The molecule has 108 valence electrons. The number of carbonyl (C=O) groups excluding carboxylic acids is 1. The summed E-state index contributed by atoms with van der Waals surface area (Å²) in [6, 6.07) is 5.29. The number of benzene rings is 1. The lowest BCUT2D eigenvalue weighted by Crippen LogP contribution is -2.24. The fraction of sp³-hybridized carbons (Fsp3) is 0.267. The molecular formula is C15H16N4O2. The van der Waals surface area contributed by atoms with Crippen molar-refractivity contribution < 1.29 is 9.90 Å². The van der Waals surface area contributed by atoms with Gasteiger partial charge in [-0.3, -0.25) is 4.79 Å².